The quantitative estimate of drug-likeness (QED) is 0.686. The van der Waals surface area contributed by atoms with Crippen molar-refractivity contribution < 1.29 is 4.79 Å². The van der Waals surface area contributed by atoms with E-state index in [1.807, 2.05) is 24.3 Å². The summed E-state index contributed by atoms with van der Waals surface area (Å²) in [5.74, 6) is 0. The van der Waals surface area contributed by atoms with Gasteiger partial charge in [-0.15, -0.1) is 0 Å². The topological polar surface area (TPSA) is 80.0 Å². The Balaban J connectivity index is 1.86. The van der Waals surface area contributed by atoms with Crippen molar-refractivity contribution in [3.05, 3.63) is 42.1 Å². The molecule has 0 spiro atoms. The molecule has 1 heterocycles. The number of hydrogen-bond acceptors (Lipinski definition) is 3. The van der Waals surface area contributed by atoms with Crippen molar-refractivity contribution in [2.75, 3.05) is 13.1 Å². The summed E-state index contributed by atoms with van der Waals surface area (Å²) in [6, 6.07) is 9.64. The second-order valence-corrected chi connectivity index (χ2v) is 4.00. The highest BCUT2D eigenvalue weighted by molar-refractivity contribution is 5.78. The Bertz CT molecular complexity index is 541. The van der Waals surface area contributed by atoms with Crippen LogP contribution < -0.4 is 16.4 Å². The summed E-state index contributed by atoms with van der Waals surface area (Å²) < 4.78 is 0. The third kappa shape index (κ3) is 3.43. The summed E-state index contributed by atoms with van der Waals surface area (Å²) in [6.07, 6.45) is 1.79. The highest BCUT2D eigenvalue weighted by Crippen LogP contribution is 2.12. The van der Waals surface area contributed by atoms with Crippen LogP contribution >= 0.6 is 0 Å². The fourth-order valence-electron chi connectivity index (χ4n) is 1.74. The molecule has 1 aromatic carbocycles. The third-order valence-corrected chi connectivity index (χ3v) is 2.60. The normalized spacial score (nSPS) is 10.4. The van der Waals surface area contributed by atoms with Gasteiger partial charge in [-0.1, -0.05) is 12.1 Å². The van der Waals surface area contributed by atoms with Crippen molar-refractivity contribution in [1.82, 2.24) is 15.6 Å². The second-order valence-electron chi connectivity index (χ2n) is 4.00. The Kier molecular flexibility index (Phi) is 4.09. The lowest BCUT2D eigenvalue weighted by atomic mass is 10.1. The Morgan fingerprint density at radius 3 is 3.00 bits per heavy atom. The number of carbonyl (C=O) groups excluding carboxylic acids is 1. The van der Waals surface area contributed by atoms with Gasteiger partial charge in [-0.25, -0.2) is 4.79 Å². The average molecular weight is 244 g/mol. The lowest BCUT2D eigenvalue weighted by Gasteiger charge is -2.06. The van der Waals surface area contributed by atoms with Crippen LogP contribution in [0.15, 0.2) is 36.5 Å². The molecule has 0 atom stereocenters. The van der Waals surface area contributed by atoms with Crippen LogP contribution in [0.5, 0.6) is 0 Å². The van der Waals surface area contributed by atoms with Gasteiger partial charge >= 0.3 is 6.03 Å². The molecule has 0 saturated heterocycles. The summed E-state index contributed by atoms with van der Waals surface area (Å²) in [4.78, 5) is 14.7. The number of nitrogens with zero attached hydrogens (tertiary/aromatic N) is 1. The van der Waals surface area contributed by atoms with E-state index in [0.717, 1.165) is 17.4 Å². The fourth-order valence-corrected chi connectivity index (χ4v) is 1.74. The molecular weight excluding hydrogens is 228 g/mol. The molecule has 0 fully saturated rings. The molecule has 0 bridgehead atoms. The number of benzene rings is 1. The number of urea groups is 1. The van der Waals surface area contributed by atoms with Crippen LogP contribution in [0.1, 0.15) is 5.56 Å². The van der Waals surface area contributed by atoms with E-state index in [0.29, 0.717) is 13.1 Å². The van der Waals surface area contributed by atoms with Crippen molar-refractivity contribution in [2.45, 2.75) is 6.54 Å². The highest BCUT2D eigenvalue weighted by Gasteiger charge is 1.97. The standard InChI is InChI=1S/C13H16N4O/c14-13(18)17-7-6-15-9-10-3-4-12-11(8-10)2-1-5-16-12/h1-5,8,15H,6-7,9H2,(H3,14,17,18). The van der Waals surface area contributed by atoms with Crippen molar-refractivity contribution in [2.24, 2.45) is 5.73 Å². The molecule has 94 valence electrons. The van der Waals surface area contributed by atoms with E-state index in [-0.39, 0.29) is 0 Å². The van der Waals surface area contributed by atoms with Crippen molar-refractivity contribution in [3.8, 4) is 0 Å². The van der Waals surface area contributed by atoms with Crippen LogP contribution in [0.2, 0.25) is 0 Å². The van der Waals surface area contributed by atoms with Gasteiger partial charge in [-0.05, 0) is 23.8 Å². The van der Waals surface area contributed by atoms with Crippen LogP contribution in [0.3, 0.4) is 0 Å². The third-order valence-electron chi connectivity index (χ3n) is 2.60. The zero-order valence-electron chi connectivity index (χ0n) is 10.0. The number of amides is 2. The summed E-state index contributed by atoms with van der Waals surface area (Å²) in [6.45, 7) is 1.98. The molecule has 4 N–H and O–H groups in total. The number of nitrogens with one attached hydrogen (secondary N) is 2. The van der Waals surface area contributed by atoms with Crippen molar-refractivity contribution in [1.29, 1.82) is 0 Å². The van der Waals surface area contributed by atoms with Gasteiger partial charge in [0.05, 0.1) is 5.52 Å². The van der Waals surface area contributed by atoms with E-state index >= 15 is 0 Å². The van der Waals surface area contributed by atoms with E-state index < -0.39 is 6.03 Å². The van der Waals surface area contributed by atoms with Gasteiger partial charge < -0.3 is 16.4 Å². The zero-order chi connectivity index (χ0) is 12.8. The van der Waals surface area contributed by atoms with Gasteiger partial charge in [0.2, 0.25) is 0 Å². The Hall–Kier alpha value is -2.14. The predicted molar refractivity (Wildman–Crippen MR) is 71.0 cm³/mol. The number of pyridine rings is 1. The van der Waals surface area contributed by atoms with E-state index in [2.05, 4.69) is 21.7 Å². The minimum Gasteiger partial charge on any atom is -0.352 e. The molecular formula is C13H16N4O. The molecule has 0 saturated carbocycles. The average Bonchev–Trinajstić information content (AvgIpc) is 2.38. The van der Waals surface area contributed by atoms with Crippen molar-refractivity contribution in [3.63, 3.8) is 0 Å². The maximum Gasteiger partial charge on any atom is 0.312 e. The first-order valence-electron chi connectivity index (χ1n) is 5.83. The number of hydrogen-bond donors (Lipinski definition) is 3. The molecule has 5 nitrogen and oxygen atoms in total. The highest BCUT2D eigenvalue weighted by atomic mass is 16.2. The van der Waals surface area contributed by atoms with Crippen LogP contribution in [0, 0.1) is 0 Å². The molecule has 18 heavy (non-hydrogen) atoms. The molecule has 2 rings (SSSR count). The number of aromatic nitrogens is 1. The summed E-state index contributed by atoms with van der Waals surface area (Å²) >= 11 is 0. The molecule has 0 unspecified atom stereocenters. The van der Waals surface area contributed by atoms with Gasteiger partial charge in [-0.3, -0.25) is 4.98 Å². The van der Waals surface area contributed by atoms with E-state index in [4.69, 9.17) is 5.73 Å². The molecule has 0 radical (unpaired) electrons. The second kappa shape index (κ2) is 5.97. The lowest BCUT2D eigenvalue weighted by Crippen LogP contribution is -2.35. The first-order chi connectivity index (χ1) is 8.75. The zero-order valence-corrected chi connectivity index (χ0v) is 10.0. The Morgan fingerprint density at radius 1 is 1.28 bits per heavy atom. The molecule has 2 amide bonds. The molecule has 5 heteroatoms. The first-order valence-corrected chi connectivity index (χ1v) is 5.83. The van der Waals surface area contributed by atoms with Gasteiger partial charge in [0, 0.05) is 31.2 Å². The van der Waals surface area contributed by atoms with Crippen molar-refractivity contribution >= 4 is 16.9 Å². The van der Waals surface area contributed by atoms with Gasteiger partial charge in [0.1, 0.15) is 0 Å². The predicted octanol–water partition coefficient (Wildman–Crippen LogP) is 0.993. The van der Waals surface area contributed by atoms with Crippen LogP contribution in [0.4, 0.5) is 4.79 Å². The Morgan fingerprint density at radius 2 is 2.17 bits per heavy atom. The first kappa shape index (κ1) is 12.3. The fraction of sp³-hybridized carbons (Fsp3) is 0.231. The molecule has 1 aromatic heterocycles. The minimum absolute atomic E-state index is 0.492. The monoisotopic (exact) mass is 244 g/mol. The van der Waals surface area contributed by atoms with E-state index in [1.165, 1.54) is 5.56 Å². The van der Waals surface area contributed by atoms with Gasteiger partial charge in [-0.2, -0.15) is 0 Å². The summed E-state index contributed by atoms with van der Waals surface area (Å²) in [5, 5.41) is 6.89. The van der Waals surface area contributed by atoms with Gasteiger partial charge in [0.15, 0.2) is 0 Å². The van der Waals surface area contributed by atoms with E-state index in [1.54, 1.807) is 6.20 Å². The largest absolute Gasteiger partial charge is 0.352 e. The van der Waals surface area contributed by atoms with Gasteiger partial charge in [0.25, 0.3) is 0 Å². The molecule has 2 aromatic rings. The summed E-state index contributed by atoms with van der Waals surface area (Å²) in [7, 11) is 0. The molecule has 0 aliphatic heterocycles. The maximum atomic E-state index is 10.5. The number of primary amides is 1. The minimum atomic E-state index is -0.492. The maximum absolute atomic E-state index is 10.5. The molecule has 0 aliphatic carbocycles. The lowest BCUT2D eigenvalue weighted by molar-refractivity contribution is 0.249. The number of nitrogens with two attached hydrogens (primary N) is 1. The number of fused-ring (bicyclic) bond motifs is 1. The van der Waals surface area contributed by atoms with E-state index in [9.17, 15) is 4.79 Å². The number of carbonyl (C=O) groups is 1. The smallest absolute Gasteiger partial charge is 0.312 e. The Labute approximate surface area is 105 Å². The number of rotatable bonds is 5. The van der Waals surface area contributed by atoms with Crippen LogP contribution in [-0.4, -0.2) is 24.1 Å². The summed E-state index contributed by atoms with van der Waals surface area (Å²) in [5.41, 5.74) is 7.15. The molecule has 0 aliphatic rings. The SMILES string of the molecule is NC(=O)NCCNCc1ccc2ncccc2c1. The van der Waals surface area contributed by atoms with Crippen LogP contribution in [-0.2, 0) is 6.54 Å². The van der Waals surface area contributed by atoms with Crippen LogP contribution in [0.25, 0.3) is 10.9 Å².